The van der Waals surface area contributed by atoms with E-state index in [2.05, 4.69) is 10.5 Å². The molecule has 1 aliphatic rings. The molecular formula is C8H10N4O3. The lowest BCUT2D eigenvalue weighted by molar-refractivity contribution is -0.404. The van der Waals surface area contributed by atoms with Crippen LogP contribution in [0.15, 0.2) is 28.8 Å². The minimum Gasteiger partial charge on any atom is -0.365 e. The fourth-order valence-electron chi connectivity index (χ4n) is 1.45. The van der Waals surface area contributed by atoms with E-state index >= 15 is 0 Å². The van der Waals surface area contributed by atoms with Crippen LogP contribution in [-0.4, -0.2) is 28.1 Å². The Morgan fingerprint density at radius 3 is 3.33 bits per heavy atom. The summed E-state index contributed by atoms with van der Waals surface area (Å²) in [6, 6.07) is 1.74. The quantitative estimate of drug-likeness (QED) is 0.565. The van der Waals surface area contributed by atoms with Gasteiger partial charge in [-0.05, 0) is 0 Å². The summed E-state index contributed by atoms with van der Waals surface area (Å²) in [5.41, 5.74) is 0. The highest BCUT2D eigenvalue weighted by Gasteiger charge is 2.20. The monoisotopic (exact) mass is 210 g/mol. The van der Waals surface area contributed by atoms with Crippen molar-refractivity contribution in [3.05, 3.63) is 40.2 Å². The zero-order valence-electron chi connectivity index (χ0n) is 7.92. The third-order valence-electron chi connectivity index (χ3n) is 2.09. The number of nitrogens with one attached hydrogen (secondary N) is 1. The molecule has 7 nitrogen and oxygen atoms in total. The molecule has 2 rings (SSSR count). The third-order valence-corrected chi connectivity index (χ3v) is 2.09. The molecule has 0 atom stereocenters. The molecule has 15 heavy (non-hydrogen) atoms. The lowest BCUT2D eigenvalue weighted by Crippen LogP contribution is -2.20. The van der Waals surface area contributed by atoms with Crippen molar-refractivity contribution in [2.24, 2.45) is 0 Å². The lowest BCUT2D eigenvalue weighted by Gasteiger charge is -2.14. The largest absolute Gasteiger partial charge is 0.365 e. The number of nitro groups is 1. The van der Waals surface area contributed by atoms with Gasteiger partial charge in [0.2, 0.25) is 0 Å². The highest BCUT2D eigenvalue weighted by molar-refractivity contribution is 5.04. The SMILES string of the molecule is O=[N+]([O-])/C=C1\NCCN1Cc1ccno1. The van der Waals surface area contributed by atoms with Gasteiger partial charge in [0.25, 0.3) is 6.20 Å². The summed E-state index contributed by atoms with van der Waals surface area (Å²) >= 11 is 0. The van der Waals surface area contributed by atoms with E-state index in [4.69, 9.17) is 4.52 Å². The highest BCUT2D eigenvalue weighted by atomic mass is 16.6. The summed E-state index contributed by atoms with van der Waals surface area (Å²) < 4.78 is 4.93. The highest BCUT2D eigenvalue weighted by Crippen LogP contribution is 2.12. The second-order valence-electron chi connectivity index (χ2n) is 3.13. The van der Waals surface area contributed by atoms with Gasteiger partial charge >= 0.3 is 0 Å². The molecule has 2 heterocycles. The zero-order valence-corrected chi connectivity index (χ0v) is 7.92. The van der Waals surface area contributed by atoms with Gasteiger partial charge in [0.05, 0.1) is 17.7 Å². The van der Waals surface area contributed by atoms with E-state index in [9.17, 15) is 10.1 Å². The fraction of sp³-hybridized carbons (Fsp3) is 0.375. The molecule has 1 aliphatic heterocycles. The molecule has 0 amide bonds. The first-order chi connectivity index (χ1) is 7.25. The third kappa shape index (κ3) is 2.25. The van der Waals surface area contributed by atoms with Gasteiger partial charge in [0.15, 0.2) is 11.6 Å². The van der Waals surface area contributed by atoms with Gasteiger partial charge in [-0.2, -0.15) is 0 Å². The van der Waals surface area contributed by atoms with Crippen molar-refractivity contribution in [3.63, 3.8) is 0 Å². The van der Waals surface area contributed by atoms with Crippen LogP contribution >= 0.6 is 0 Å². The van der Waals surface area contributed by atoms with Gasteiger partial charge in [-0.3, -0.25) is 10.1 Å². The van der Waals surface area contributed by atoms with Crippen LogP contribution in [0.3, 0.4) is 0 Å². The van der Waals surface area contributed by atoms with E-state index in [0.29, 0.717) is 24.7 Å². The van der Waals surface area contributed by atoms with Crippen LogP contribution in [-0.2, 0) is 6.54 Å². The number of aromatic nitrogens is 1. The van der Waals surface area contributed by atoms with Gasteiger partial charge in [-0.25, -0.2) is 0 Å². The molecule has 1 aromatic heterocycles. The van der Waals surface area contributed by atoms with Gasteiger partial charge in [-0.15, -0.1) is 0 Å². The Bertz CT molecular complexity index is 373. The molecule has 0 unspecified atom stereocenters. The Hall–Kier alpha value is -2.05. The normalized spacial score (nSPS) is 18.1. The summed E-state index contributed by atoms with van der Waals surface area (Å²) in [5.74, 6) is 1.20. The van der Waals surface area contributed by atoms with Crippen molar-refractivity contribution in [2.75, 3.05) is 13.1 Å². The van der Waals surface area contributed by atoms with Gasteiger partial charge in [0, 0.05) is 19.2 Å². The molecule has 0 aliphatic carbocycles. The topological polar surface area (TPSA) is 84.4 Å². The molecule has 0 bridgehead atoms. The molecule has 1 saturated heterocycles. The molecular weight excluding hydrogens is 200 g/mol. The first kappa shape index (κ1) is 9.50. The van der Waals surface area contributed by atoms with Gasteiger partial charge in [0.1, 0.15) is 0 Å². The molecule has 0 saturated carbocycles. The molecule has 80 valence electrons. The van der Waals surface area contributed by atoms with Crippen LogP contribution in [0.4, 0.5) is 0 Å². The maximum atomic E-state index is 10.3. The average Bonchev–Trinajstić information content (AvgIpc) is 2.78. The Labute approximate surface area is 85.5 Å². The summed E-state index contributed by atoms with van der Waals surface area (Å²) in [6.07, 6.45) is 2.51. The molecule has 1 N–H and O–H groups in total. The van der Waals surface area contributed by atoms with Crippen LogP contribution in [0.2, 0.25) is 0 Å². The van der Waals surface area contributed by atoms with E-state index in [0.717, 1.165) is 12.7 Å². The molecule has 1 aromatic rings. The Morgan fingerprint density at radius 2 is 2.67 bits per heavy atom. The van der Waals surface area contributed by atoms with Crippen LogP contribution in [0.1, 0.15) is 5.76 Å². The fourth-order valence-corrected chi connectivity index (χ4v) is 1.45. The predicted octanol–water partition coefficient (Wildman–Crippen LogP) is 0.155. The van der Waals surface area contributed by atoms with Gasteiger partial charge < -0.3 is 14.7 Å². The van der Waals surface area contributed by atoms with E-state index in [-0.39, 0.29) is 0 Å². The molecule has 1 fully saturated rings. The predicted molar refractivity (Wildman–Crippen MR) is 50.0 cm³/mol. The number of rotatable bonds is 3. The van der Waals surface area contributed by atoms with Crippen molar-refractivity contribution in [1.29, 1.82) is 0 Å². The summed E-state index contributed by atoms with van der Waals surface area (Å²) in [7, 11) is 0. The molecule has 7 heteroatoms. The number of nitrogens with zero attached hydrogens (tertiary/aromatic N) is 3. The summed E-state index contributed by atoms with van der Waals surface area (Å²) in [6.45, 7) is 1.92. The smallest absolute Gasteiger partial charge is 0.274 e. The minimum absolute atomic E-state index is 0.471. The van der Waals surface area contributed by atoms with Crippen LogP contribution in [0.5, 0.6) is 0 Å². The molecule has 0 aromatic carbocycles. The average molecular weight is 210 g/mol. The second kappa shape index (κ2) is 3.99. The zero-order chi connectivity index (χ0) is 10.7. The Morgan fingerprint density at radius 1 is 1.80 bits per heavy atom. The Kier molecular flexibility index (Phi) is 2.53. The molecule has 0 spiro atoms. The number of hydrogen-bond donors (Lipinski definition) is 1. The van der Waals surface area contributed by atoms with Crippen molar-refractivity contribution in [1.82, 2.24) is 15.4 Å². The molecule has 0 radical (unpaired) electrons. The van der Waals surface area contributed by atoms with E-state index in [1.165, 1.54) is 0 Å². The lowest BCUT2D eigenvalue weighted by atomic mass is 10.4. The van der Waals surface area contributed by atoms with Crippen LogP contribution < -0.4 is 5.32 Å². The first-order valence-electron chi connectivity index (χ1n) is 4.49. The summed E-state index contributed by atoms with van der Waals surface area (Å²) in [5, 5.41) is 16.8. The Balaban J connectivity index is 2.05. The van der Waals surface area contributed by atoms with Crippen molar-refractivity contribution >= 4 is 0 Å². The van der Waals surface area contributed by atoms with E-state index < -0.39 is 4.92 Å². The maximum absolute atomic E-state index is 10.3. The van der Waals surface area contributed by atoms with Gasteiger partial charge in [-0.1, -0.05) is 5.16 Å². The van der Waals surface area contributed by atoms with Crippen molar-refractivity contribution in [2.45, 2.75) is 6.54 Å². The number of hydrogen-bond acceptors (Lipinski definition) is 6. The van der Waals surface area contributed by atoms with Crippen LogP contribution in [0, 0.1) is 10.1 Å². The van der Waals surface area contributed by atoms with Crippen molar-refractivity contribution in [3.8, 4) is 0 Å². The second-order valence-corrected chi connectivity index (χ2v) is 3.13. The van der Waals surface area contributed by atoms with E-state index in [1.54, 1.807) is 12.3 Å². The first-order valence-corrected chi connectivity index (χ1v) is 4.49. The van der Waals surface area contributed by atoms with E-state index in [1.807, 2.05) is 4.90 Å². The van der Waals surface area contributed by atoms with Crippen LogP contribution in [0.25, 0.3) is 0 Å². The van der Waals surface area contributed by atoms with Crippen molar-refractivity contribution < 1.29 is 9.45 Å². The standard InChI is InChI=1S/C8H10N4O3/c13-12(14)6-8-9-3-4-11(8)5-7-1-2-10-15-7/h1-2,6,9H,3-5H2/b8-6+. The maximum Gasteiger partial charge on any atom is 0.274 e. The minimum atomic E-state index is -0.471. The summed E-state index contributed by atoms with van der Waals surface area (Å²) in [4.78, 5) is 11.7.